The number of hydrogen-bond donors (Lipinski definition) is 0. The fourth-order valence-electron chi connectivity index (χ4n) is 16.3. The summed E-state index contributed by atoms with van der Waals surface area (Å²) in [7, 11) is 0. The van der Waals surface area contributed by atoms with Crippen molar-refractivity contribution >= 4 is 57.2 Å². The number of nitrogens with zero attached hydrogens (tertiary/aromatic N) is 2. The smallest absolute Gasteiger partial charge is 0.252 e. The molecule has 98 heavy (non-hydrogen) atoms. The molecule has 2 aliphatic heterocycles. The van der Waals surface area contributed by atoms with Crippen molar-refractivity contribution in [3.05, 3.63) is 329 Å². The summed E-state index contributed by atoms with van der Waals surface area (Å²) in [4.78, 5) is 5.16. The number of rotatable bonds is 7. The molecule has 0 bridgehead atoms. The second-order valence-corrected chi connectivity index (χ2v) is 31.4. The van der Waals surface area contributed by atoms with Crippen LogP contribution >= 0.6 is 0 Å². The lowest BCUT2D eigenvalue weighted by molar-refractivity contribution is 0.569. The molecule has 3 heteroatoms. The zero-order valence-electron chi connectivity index (χ0n) is 66.0. The summed E-state index contributed by atoms with van der Waals surface area (Å²) in [6.07, 6.45) is 0. The van der Waals surface area contributed by atoms with E-state index in [-0.39, 0.29) is 68.1 Å². The molecule has 1 spiro atoms. The summed E-state index contributed by atoms with van der Waals surface area (Å²) >= 11 is 0. The Labute approximate surface area is 592 Å². The molecule has 2 aliphatic carbocycles. The fourth-order valence-corrected chi connectivity index (χ4v) is 16.3. The standard InChI is InChI=1S/C95H83BN2/c1-91(2,3)66-48-51-83(77(58-66)62-34-20-15-21-35-62)97-85-59-67(92(4,5)6)47-49-81(85)96-82-54-63(70-39-28-42-76-75-38-24-27-45-80(75)95(88(70)76)78-43-25-22-36-73(78)74-37-23-26-44-79(74)95)46-50-84(82)98(90-71(60-30-16-13-17-31-60)40-29-41-72(90)61-32-18-14-19-33-61)87-56-65(55-86(97)89(87)96)64-52-68(93(7,8)9)57-69(53-64)94(10,11)12/h13-59H,1-12H3/i22D,23D,25D,26D,36D,37D,43D,44D. The van der Waals surface area contributed by atoms with Crippen molar-refractivity contribution in [2.75, 3.05) is 9.80 Å². The predicted octanol–water partition coefficient (Wildman–Crippen LogP) is 23.6. The molecule has 2 heterocycles. The van der Waals surface area contributed by atoms with Crippen LogP contribution in [-0.2, 0) is 27.1 Å². The van der Waals surface area contributed by atoms with Crippen LogP contribution in [0.15, 0.2) is 285 Å². The van der Waals surface area contributed by atoms with Crippen LogP contribution < -0.4 is 26.2 Å². The van der Waals surface area contributed by atoms with Gasteiger partial charge in [0, 0.05) is 39.4 Å². The van der Waals surface area contributed by atoms with E-state index >= 15 is 0 Å². The molecular weight excluding hydrogens is 1180 g/mol. The minimum absolute atomic E-state index is 0.0857. The summed E-state index contributed by atoms with van der Waals surface area (Å²) < 4.78 is 77.2. The van der Waals surface area contributed by atoms with Gasteiger partial charge in [0.1, 0.15) is 0 Å². The van der Waals surface area contributed by atoms with E-state index in [9.17, 15) is 11.0 Å². The van der Waals surface area contributed by atoms with Gasteiger partial charge in [0.25, 0.3) is 6.71 Å². The maximum Gasteiger partial charge on any atom is 0.252 e. The molecule has 476 valence electrons. The van der Waals surface area contributed by atoms with E-state index < -0.39 is 36.3 Å². The Hall–Kier alpha value is -10.5. The minimum Gasteiger partial charge on any atom is -0.311 e. The molecule has 2 nitrogen and oxygen atoms in total. The van der Waals surface area contributed by atoms with Crippen LogP contribution in [0.25, 0.3) is 77.9 Å². The van der Waals surface area contributed by atoms with Gasteiger partial charge in [-0.1, -0.05) is 332 Å². The van der Waals surface area contributed by atoms with Crippen LogP contribution in [0.1, 0.15) is 139 Å². The van der Waals surface area contributed by atoms with E-state index in [4.69, 9.17) is 0 Å². The Morgan fingerprint density at radius 1 is 0.286 bits per heavy atom. The molecule has 0 N–H and O–H groups in total. The number of benzene rings is 13. The molecule has 17 rings (SSSR count). The van der Waals surface area contributed by atoms with Crippen molar-refractivity contribution in [3.8, 4) is 77.9 Å². The summed E-state index contributed by atoms with van der Waals surface area (Å²) in [6, 6.07) is 83.5. The molecule has 0 fully saturated rings. The zero-order valence-corrected chi connectivity index (χ0v) is 58.0. The molecule has 0 atom stereocenters. The van der Waals surface area contributed by atoms with Gasteiger partial charge >= 0.3 is 0 Å². The summed E-state index contributed by atoms with van der Waals surface area (Å²) in [5, 5.41) is 0. The lowest BCUT2D eigenvalue weighted by Gasteiger charge is -2.46. The van der Waals surface area contributed by atoms with Gasteiger partial charge < -0.3 is 9.80 Å². The second-order valence-electron chi connectivity index (χ2n) is 31.4. The van der Waals surface area contributed by atoms with Gasteiger partial charge in [0.2, 0.25) is 0 Å². The van der Waals surface area contributed by atoms with Crippen LogP contribution in [-0.4, -0.2) is 6.71 Å². The molecule has 0 unspecified atom stereocenters. The summed E-state index contributed by atoms with van der Waals surface area (Å²) in [5.74, 6) is 0. The molecule has 13 aromatic carbocycles. The van der Waals surface area contributed by atoms with Crippen molar-refractivity contribution in [2.45, 2.75) is 110 Å². The van der Waals surface area contributed by atoms with Gasteiger partial charge in [-0.15, -0.1) is 0 Å². The van der Waals surface area contributed by atoms with Crippen molar-refractivity contribution in [1.82, 2.24) is 0 Å². The third kappa shape index (κ3) is 9.51. The van der Waals surface area contributed by atoms with Crippen molar-refractivity contribution in [3.63, 3.8) is 0 Å². The van der Waals surface area contributed by atoms with E-state index in [0.717, 1.165) is 117 Å². The van der Waals surface area contributed by atoms with Gasteiger partial charge in [-0.3, -0.25) is 0 Å². The number of hydrogen-bond acceptors (Lipinski definition) is 2. The first-order chi connectivity index (χ1) is 50.5. The van der Waals surface area contributed by atoms with Gasteiger partial charge in [-0.05, 0) is 180 Å². The third-order valence-corrected chi connectivity index (χ3v) is 21.3. The van der Waals surface area contributed by atoms with E-state index in [1.807, 2.05) is 24.3 Å². The maximum atomic E-state index is 10.1. The fraction of sp³-hybridized carbons (Fsp3) is 0.179. The first kappa shape index (κ1) is 52.7. The topological polar surface area (TPSA) is 6.48 Å². The van der Waals surface area contributed by atoms with Crippen LogP contribution in [0.5, 0.6) is 0 Å². The first-order valence-electron chi connectivity index (χ1n) is 38.6. The van der Waals surface area contributed by atoms with Crippen LogP contribution in [0.3, 0.4) is 0 Å². The van der Waals surface area contributed by atoms with Crippen LogP contribution in [0.2, 0.25) is 0 Å². The number of anilines is 6. The van der Waals surface area contributed by atoms with Gasteiger partial charge in [0.15, 0.2) is 0 Å². The maximum absolute atomic E-state index is 10.1. The van der Waals surface area contributed by atoms with Crippen LogP contribution in [0, 0.1) is 0 Å². The highest BCUT2D eigenvalue weighted by molar-refractivity contribution is 7.00. The van der Waals surface area contributed by atoms with Gasteiger partial charge in [0.05, 0.1) is 27.8 Å². The lowest BCUT2D eigenvalue weighted by atomic mass is 9.33. The largest absolute Gasteiger partial charge is 0.311 e. The SMILES string of the molecule is [2H]c1c([2H])c([2H])c2c(c1[2H])-c1c([2H])c([2H])c([2H])c([2H])c1C21c2ccccc2-c2cccc(-c3ccc4c(c3)B3c5ccc(C(C)(C)C)cc5N(c5ccc(C(C)(C)C)cc5-c5ccccc5)c5cc(-c6cc(C(C)(C)C)cc(C(C)(C)C)c6)cc(c53)N4c3c(-c4ccccc4)cccc3-c3ccccc3)c21. The Balaban J connectivity index is 1.05. The van der Waals surface area contributed by atoms with Crippen molar-refractivity contribution in [2.24, 2.45) is 0 Å². The van der Waals surface area contributed by atoms with Crippen molar-refractivity contribution < 1.29 is 11.0 Å². The average Bonchev–Trinajstić information content (AvgIpc) is 1.48. The quantitative estimate of drug-likeness (QED) is 0.147. The number of fused-ring (bicyclic) bond motifs is 14. The Bertz CT molecular complexity index is 5720. The Morgan fingerprint density at radius 3 is 1.34 bits per heavy atom. The lowest BCUT2D eigenvalue weighted by Crippen LogP contribution is -2.61. The monoisotopic (exact) mass is 1270 g/mol. The molecule has 0 amide bonds. The highest BCUT2D eigenvalue weighted by Gasteiger charge is 2.53. The van der Waals surface area contributed by atoms with E-state index in [1.165, 1.54) is 22.3 Å². The van der Waals surface area contributed by atoms with E-state index in [0.29, 0.717) is 11.1 Å². The Morgan fingerprint density at radius 2 is 0.755 bits per heavy atom. The zero-order chi connectivity index (χ0) is 74.3. The summed E-state index contributed by atoms with van der Waals surface area (Å²) in [5.41, 5.74) is 25.6. The molecule has 0 radical (unpaired) electrons. The molecular formula is C95H83BN2. The molecule has 13 aromatic rings. The van der Waals surface area contributed by atoms with Gasteiger partial charge in [-0.25, -0.2) is 0 Å². The third-order valence-electron chi connectivity index (χ3n) is 21.3. The Kier molecular flexibility index (Phi) is 12.0. The summed E-state index contributed by atoms with van der Waals surface area (Å²) in [6.45, 7) is 27.2. The molecule has 0 saturated carbocycles. The highest BCUT2D eigenvalue weighted by Crippen LogP contribution is 2.65. The predicted molar refractivity (Wildman–Crippen MR) is 419 cm³/mol. The highest BCUT2D eigenvalue weighted by atomic mass is 15.2. The van der Waals surface area contributed by atoms with Crippen molar-refractivity contribution in [1.29, 1.82) is 0 Å². The van der Waals surface area contributed by atoms with E-state index in [1.54, 1.807) is 0 Å². The average molecular weight is 1270 g/mol. The van der Waals surface area contributed by atoms with E-state index in [2.05, 4.69) is 305 Å². The molecule has 0 saturated heterocycles. The number of para-hydroxylation sites is 1. The van der Waals surface area contributed by atoms with Gasteiger partial charge in [-0.2, -0.15) is 0 Å². The minimum atomic E-state index is -1.64. The molecule has 0 aromatic heterocycles. The first-order valence-corrected chi connectivity index (χ1v) is 34.6. The normalized spacial score (nSPS) is 15.1. The van der Waals surface area contributed by atoms with Crippen LogP contribution in [0.4, 0.5) is 34.1 Å². The second kappa shape index (κ2) is 22.3. The molecule has 4 aliphatic rings.